The molecule has 4 unspecified atom stereocenters. The second kappa shape index (κ2) is 6.79. The Morgan fingerprint density at radius 2 is 1.83 bits per heavy atom. The number of benzene rings is 1. The summed E-state index contributed by atoms with van der Waals surface area (Å²) in [5, 5.41) is 50.6. The van der Waals surface area contributed by atoms with Crippen LogP contribution in [-0.2, 0) is 9.53 Å². The Kier molecular flexibility index (Phi) is 4.60. The van der Waals surface area contributed by atoms with Gasteiger partial charge in [0.25, 0.3) is 5.79 Å². The zero-order valence-corrected chi connectivity index (χ0v) is 15.7. The average Bonchev–Trinajstić information content (AvgIpc) is 2.74. The summed E-state index contributed by atoms with van der Waals surface area (Å²) in [6.07, 6.45) is 0.346. The molecular weight excluding hydrogens is 396 g/mol. The zero-order valence-electron chi connectivity index (χ0n) is 15.7. The third kappa shape index (κ3) is 2.57. The van der Waals surface area contributed by atoms with Crippen molar-refractivity contribution in [3.05, 3.63) is 63.4 Å². The predicted molar refractivity (Wildman–Crippen MR) is 100 cm³/mol. The molecule has 3 aliphatic rings. The van der Waals surface area contributed by atoms with Gasteiger partial charge in [-0.3, -0.25) is 14.4 Å². The van der Waals surface area contributed by atoms with Gasteiger partial charge in [0, 0.05) is 29.4 Å². The van der Waals surface area contributed by atoms with Gasteiger partial charge in [-0.15, -0.1) is 0 Å². The van der Waals surface area contributed by atoms with E-state index in [-0.39, 0.29) is 33.4 Å². The number of hydrogen-bond acceptors (Lipinski definition) is 9. The summed E-state index contributed by atoms with van der Waals surface area (Å²) >= 11 is 0. The van der Waals surface area contributed by atoms with Gasteiger partial charge in [-0.2, -0.15) is 0 Å². The molecule has 0 saturated heterocycles. The molecule has 0 saturated carbocycles. The van der Waals surface area contributed by atoms with Crippen molar-refractivity contribution in [3.8, 4) is 0 Å². The third-order valence-corrected chi connectivity index (χ3v) is 5.78. The van der Waals surface area contributed by atoms with E-state index in [1.165, 1.54) is 24.3 Å². The lowest BCUT2D eigenvalue weighted by molar-refractivity contribution is -0.145. The van der Waals surface area contributed by atoms with E-state index in [1.807, 2.05) is 0 Å². The Morgan fingerprint density at radius 1 is 1.13 bits per heavy atom. The number of hydrogen-bond donors (Lipinski definition) is 5. The van der Waals surface area contributed by atoms with Crippen LogP contribution in [0.4, 0.5) is 0 Å². The van der Waals surface area contributed by atoms with Crippen molar-refractivity contribution in [2.24, 2.45) is 5.92 Å². The lowest BCUT2D eigenvalue weighted by Gasteiger charge is -2.35. The van der Waals surface area contributed by atoms with Gasteiger partial charge in [0.05, 0.1) is 12.0 Å². The lowest BCUT2D eigenvalue weighted by atomic mass is 9.73. The summed E-state index contributed by atoms with van der Waals surface area (Å²) in [5.74, 6) is -6.63. The standard InChI is InChI=1S/C21H18O9/c1-30-21(29)13-5-8-4-11-12(6-10(8)17(25)9(13)2-3-15(21)24)18(26)16(14(23)7-22)20(28)19(11)27/h2-6,16,18,20,22,24,26,28-29H,7H2,1H3. The number of ether oxygens (including phenoxy) is 1. The van der Waals surface area contributed by atoms with E-state index in [1.54, 1.807) is 0 Å². The number of fused-ring (bicyclic) bond motifs is 3. The molecule has 156 valence electrons. The van der Waals surface area contributed by atoms with Crippen molar-refractivity contribution < 1.29 is 44.7 Å². The number of Topliss-reactive ketones (excluding diaryl/α,β-unsaturated/α-hetero) is 3. The fourth-order valence-electron chi connectivity index (χ4n) is 4.13. The van der Waals surface area contributed by atoms with Crippen LogP contribution in [0.1, 0.15) is 37.9 Å². The third-order valence-electron chi connectivity index (χ3n) is 5.78. The molecule has 9 nitrogen and oxygen atoms in total. The van der Waals surface area contributed by atoms with Gasteiger partial charge in [0.15, 0.2) is 23.1 Å². The fraction of sp³-hybridized carbons (Fsp3) is 0.286. The molecule has 1 aromatic rings. The van der Waals surface area contributed by atoms with E-state index < -0.39 is 53.6 Å². The Morgan fingerprint density at radius 3 is 2.47 bits per heavy atom. The van der Waals surface area contributed by atoms with Gasteiger partial charge in [-0.1, -0.05) is 0 Å². The van der Waals surface area contributed by atoms with Crippen molar-refractivity contribution in [2.75, 3.05) is 13.7 Å². The average molecular weight is 414 g/mol. The van der Waals surface area contributed by atoms with Crippen LogP contribution < -0.4 is 0 Å². The van der Waals surface area contributed by atoms with E-state index in [2.05, 4.69) is 0 Å². The molecule has 0 heterocycles. The van der Waals surface area contributed by atoms with Crippen molar-refractivity contribution >= 4 is 23.4 Å². The first kappa shape index (κ1) is 20.3. The highest BCUT2D eigenvalue weighted by Crippen LogP contribution is 2.43. The molecule has 0 amide bonds. The van der Waals surface area contributed by atoms with Gasteiger partial charge < -0.3 is 30.3 Å². The summed E-state index contributed by atoms with van der Waals surface area (Å²) in [6.45, 7) is -0.963. The number of carbonyl (C=O) groups excluding carboxylic acids is 3. The minimum absolute atomic E-state index is 0.0159. The van der Waals surface area contributed by atoms with E-state index in [9.17, 15) is 34.8 Å². The maximum absolute atomic E-state index is 13.1. The Bertz CT molecular complexity index is 1090. The Labute approximate surface area is 169 Å². The molecule has 0 radical (unpaired) electrons. The number of rotatable bonds is 3. The topological polar surface area (TPSA) is 162 Å². The van der Waals surface area contributed by atoms with Crippen molar-refractivity contribution in [2.45, 2.75) is 18.0 Å². The molecule has 5 N–H and O–H groups in total. The van der Waals surface area contributed by atoms with E-state index in [0.717, 1.165) is 13.2 Å². The van der Waals surface area contributed by atoms with Gasteiger partial charge in [0.2, 0.25) is 0 Å². The second-order valence-corrected chi connectivity index (χ2v) is 7.30. The van der Waals surface area contributed by atoms with Crippen molar-refractivity contribution in [1.82, 2.24) is 0 Å². The smallest absolute Gasteiger partial charge is 0.253 e. The number of ketones is 3. The molecule has 30 heavy (non-hydrogen) atoms. The number of aliphatic hydroxyl groups excluding tert-OH is 4. The summed E-state index contributed by atoms with van der Waals surface area (Å²) in [6, 6.07) is 2.53. The Balaban J connectivity index is 1.92. The first-order valence-corrected chi connectivity index (χ1v) is 9.03. The summed E-state index contributed by atoms with van der Waals surface area (Å²) in [5.41, 5.74) is 0.206. The zero-order chi connectivity index (χ0) is 22.0. The Hall–Kier alpha value is -2.95. The molecule has 1 aromatic carbocycles. The normalized spacial score (nSPS) is 29.9. The van der Waals surface area contributed by atoms with Gasteiger partial charge in [-0.05, 0) is 41.5 Å². The van der Waals surface area contributed by atoms with E-state index >= 15 is 0 Å². The molecule has 4 rings (SSSR count). The van der Waals surface area contributed by atoms with Crippen LogP contribution in [-0.4, -0.2) is 68.5 Å². The molecule has 9 heteroatoms. The summed E-state index contributed by atoms with van der Waals surface area (Å²) in [7, 11) is 1.15. The minimum atomic E-state index is -2.25. The van der Waals surface area contributed by atoms with Gasteiger partial charge >= 0.3 is 0 Å². The van der Waals surface area contributed by atoms with E-state index in [0.29, 0.717) is 0 Å². The number of carbonyl (C=O) groups is 3. The molecule has 0 fully saturated rings. The number of allylic oxidation sites excluding steroid dienone is 2. The molecule has 0 bridgehead atoms. The second-order valence-electron chi connectivity index (χ2n) is 7.30. The van der Waals surface area contributed by atoms with Crippen LogP contribution in [0.5, 0.6) is 0 Å². The minimum Gasteiger partial charge on any atom is -0.506 e. The van der Waals surface area contributed by atoms with Crippen LogP contribution >= 0.6 is 0 Å². The number of aliphatic hydroxyl groups is 5. The highest BCUT2D eigenvalue weighted by atomic mass is 16.6. The predicted octanol–water partition coefficient (Wildman–Crippen LogP) is -0.249. The fourth-order valence-corrected chi connectivity index (χ4v) is 4.13. The molecule has 0 spiro atoms. The molecule has 0 aliphatic heterocycles. The van der Waals surface area contributed by atoms with Crippen LogP contribution in [0.2, 0.25) is 0 Å². The van der Waals surface area contributed by atoms with Crippen LogP contribution in [0, 0.1) is 5.92 Å². The molecule has 4 atom stereocenters. The first-order valence-electron chi connectivity index (χ1n) is 9.03. The largest absolute Gasteiger partial charge is 0.506 e. The number of methoxy groups -OCH3 is 1. The van der Waals surface area contributed by atoms with E-state index in [4.69, 9.17) is 9.84 Å². The van der Waals surface area contributed by atoms with Crippen LogP contribution in [0.25, 0.3) is 6.08 Å². The lowest BCUT2D eigenvalue weighted by Crippen LogP contribution is -2.45. The summed E-state index contributed by atoms with van der Waals surface area (Å²) in [4.78, 5) is 37.6. The van der Waals surface area contributed by atoms with Gasteiger partial charge in [0.1, 0.15) is 12.7 Å². The molecule has 3 aliphatic carbocycles. The van der Waals surface area contributed by atoms with Crippen LogP contribution in [0.15, 0.2) is 41.2 Å². The maximum atomic E-state index is 13.1. The van der Waals surface area contributed by atoms with Crippen LogP contribution in [0.3, 0.4) is 0 Å². The summed E-state index contributed by atoms with van der Waals surface area (Å²) < 4.78 is 5.01. The van der Waals surface area contributed by atoms with Crippen molar-refractivity contribution in [3.63, 3.8) is 0 Å². The molecule has 0 aromatic heterocycles. The monoisotopic (exact) mass is 414 g/mol. The van der Waals surface area contributed by atoms with Gasteiger partial charge in [-0.25, -0.2) is 0 Å². The highest BCUT2D eigenvalue weighted by Gasteiger charge is 2.47. The molecular formula is C21H18O9. The van der Waals surface area contributed by atoms with Crippen molar-refractivity contribution in [1.29, 1.82) is 0 Å². The quantitative estimate of drug-likeness (QED) is 0.420. The first-order chi connectivity index (χ1) is 14.2. The SMILES string of the molecule is COC1(O)C(O)=CC=C2C(=O)c3cc4c(cc3C=C21)C(=O)C(O)C(C(=O)CO)C4O. The highest BCUT2D eigenvalue weighted by molar-refractivity contribution is 6.18. The maximum Gasteiger partial charge on any atom is 0.253 e.